The number of phosphoric acid groups is 1. The van der Waals surface area contributed by atoms with E-state index in [0.29, 0.717) is 12.8 Å². The van der Waals surface area contributed by atoms with Crippen molar-refractivity contribution in [1.29, 1.82) is 0 Å². The second-order valence-electron chi connectivity index (χ2n) is 15.7. The van der Waals surface area contributed by atoms with Gasteiger partial charge in [0, 0.05) is 12.8 Å². The minimum atomic E-state index is -4.77. The van der Waals surface area contributed by atoms with Crippen LogP contribution < -0.4 is 5.73 Å². The summed E-state index contributed by atoms with van der Waals surface area (Å²) in [5.41, 5.74) is 5.33. The van der Waals surface area contributed by atoms with E-state index in [-0.39, 0.29) is 19.3 Å². The number of aliphatic hydroxyl groups is 1. The molecule has 0 aromatic rings. The minimum absolute atomic E-state index is 0.0700. The van der Waals surface area contributed by atoms with Crippen molar-refractivity contribution in [2.45, 2.75) is 205 Å². The number of aliphatic carboxylic acids is 1. The Morgan fingerprint density at radius 1 is 0.590 bits per heavy atom. The first-order valence-electron chi connectivity index (χ1n) is 23.4. The lowest BCUT2D eigenvalue weighted by Crippen LogP contribution is -2.34. The molecule has 0 spiro atoms. The molecule has 352 valence electrons. The molecule has 12 nitrogen and oxygen atoms in total. The summed E-state index contributed by atoms with van der Waals surface area (Å²) < 4.78 is 32.6. The number of carbonyl (C=O) groups is 3. The largest absolute Gasteiger partial charge is 0.480 e. The third-order valence-electron chi connectivity index (χ3n) is 9.88. The van der Waals surface area contributed by atoms with E-state index in [1.54, 1.807) is 12.2 Å². The maximum Gasteiger partial charge on any atom is 0.472 e. The Morgan fingerprint density at radius 3 is 1.56 bits per heavy atom. The Hall–Kier alpha value is -2.86. The lowest BCUT2D eigenvalue weighted by Gasteiger charge is -2.20. The summed E-state index contributed by atoms with van der Waals surface area (Å²) in [4.78, 5) is 46.1. The van der Waals surface area contributed by atoms with Crippen molar-refractivity contribution in [3.8, 4) is 0 Å². The van der Waals surface area contributed by atoms with Gasteiger partial charge in [-0.2, -0.15) is 0 Å². The van der Waals surface area contributed by atoms with Gasteiger partial charge in [-0.1, -0.05) is 190 Å². The fourth-order valence-electron chi connectivity index (χ4n) is 6.21. The molecule has 0 amide bonds. The van der Waals surface area contributed by atoms with Gasteiger partial charge in [-0.05, 0) is 44.9 Å². The molecule has 0 aromatic heterocycles. The SMILES string of the molecule is CC/C=C\C/C=C\C/C=C\C/C=C\C=C\C(O)CCCC(=O)O[C@H](COC(=O)CCCCCCCCCCCCCCCCCCCCC)COP(=O)(O)OC[C@H](N)C(=O)O. The second kappa shape index (κ2) is 42.4. The molecular weight excluding hydrogens is 797 g/mol. The highest BCUT2D eigenvalue weighted by Gasteiger charge is 2.28. The van der Waals surface area contributed by atoms with Gasteiger partial charge < -0.3 is 30.3 Å². The number of allylic oxidation sites excluding steroid dienone is 9. The van der Waals surface area contributed by atoms with Crippen molar-refractivity contribution in [3.05, 3.63) is 60.8 Å². The Morgan fingerprint density at radius 2 is 1.05 bits per heavy atom. The van der Waals surface area contributed by atoms with Gasteiger partial charge in [0.25, 0.3) is 0 Å². The highest BCUT2D eigenvalue weighted by molar-refractivity contribution is 7.47. The number of hydrogen-bond acceptors (Lipinski definition) is 10. The van der Waals surface area contributed by atoms with E-state index < -0.39 is 63.8 Å². The molecule has 0 aliphatic rings. The molecule has 0 saturated heterocycles. The average molecular weight is 882 g/mol. The Bertz CT molecular complexity index is 1280. The van der Waals surface area contributed by atoms with Gasteiger partial charge >= 0.3 is 25.7 Å². The summed E-state index contributed by atoms with van der Waals surface area (Å²) in [6.07, 6.45) is 46.0. The van der Waals surface area contributed by atoms with Crippen LogP contribution in [-0.2, 0) is 37.5 Å². The molecular formula is C48H84NO11P. The van der Waals surface area contributed by atoms with Crippen LogP contribution >= 0.6 is 7.82 Å². The molecule has 5 N–H and O–H groups in total. The van der Waals surface area contributed by atoms with Gasteiger partial charge in [0.1, 0.15) is 12.6 Å². The number of carboxylic acids is 1. The molecule has 2 unspecified atom stereocenters. The van der Waals surface area contributed by atoms with E-state index in [1.807, 2.05) is 12.2 Å². The fourth-order valence-corrected chi connectivity index (χ4v) is 6.99. The molecule has 0 heterocycles. The Balaban J connectivity index is 4.47. The van der Waals surface area contributed by atoms with Crippen molar-refractivity contribution in [3.63, 3.8) is 0 Å². The fraction of sp³-hybridized carbons (Fsp3) is 0.729. The maximum absolute atomic E-state index is 12.7. The van der Waals surface area contributed by atoms with Crippen molar-refractivity contribution in [2.24, 2.45) is 5.73 Å². The topological polar surface area (TPSA) is 192 Å². The highest BCUT2D eigenvalue weighted by Crippen LogP contribution is 2.43. The first-order chi connectivity index (χ1) is 29.5. The number of unbranched alkanes of at least 4 members (excludes halogenated alkanes) is 18. The zero-order valence-electron chi connectivity index (χ0n) is 37.9. The Kier molecular flexibility index (Phi) is 40.5. The number of hydrogen-bond donors (Lipinski definition) is 4. The second-order valence-corrected chi connectivity index (χ2v) is 17.2. The number of esters is 2. The quantitative estimate of drug-likeness (QED) is 0.0149. The third kappa shape index (κ3) is 42.2. The molecule has 13 heteroatoms. The number of phosphoric ester groups is 1. The van der Waals surface area contributed by atoms with Crippen LogP contribution in [0.15, 0.2) is 60.8 Å². The molecule has 0 aromatic carbocycles. The molecule has 4 atom stereocenters. The lowest BCUT2D eigenvalue weighted by molar-refractivity contribution is -0.161. The van der Waals surface area contributed by atoms with Gasteiger partial charge in [-0.25, -0.2) is 4.57 Å². The van der Waals surface area contributed by atoms with Gasteiger partial charge in [0.2, 0.25) is 0 Å². The predicted octanol–water partition coefficient (Wildman–Crippen LogP) is 11.7. The van der Waals surface area contributed by atoms with Crippen molar-refractivity contribution in [2.75, 3.05) is 19.8 Å². The first-order valence-corrected chi connectivity index (χ1v) is 24.9. The van der Waals surface area contributed by atoms with E-state index >= 15 is 0 Å². The van der Waals surface area contributed by atoms with Gasteiger partial charge in [-0.3, -0.25) is 23.4 Å². The molecule has 0 radical (unpaired) electrons. The monoisotopic (exact) mass is 882 g/mol. The average Bonchev–Trinajstić information content (AvgIpc) is 3.23. The van der Waals surface area contributed by atoms with Gasteiger partial charge in [0.05, 0.1) is 19.3 Å². The molecule has 0 bridgehead atoms. The normalized spacial score (nSPS) is 14.7. The number of carbonyl (C=O) groups excluding carboxylic acids is 2. The van der Waals surface area contributed by atoms with Crippen LogP contribution in [0.1, 0.15) is 187 Å². The van der Waals surface area contributed by atoms with E-state index in [4.69, 9.17) is 24.8 Å². The maximum atomic E-state index is 12.7. The molecule has 61 heavy (non-hydrogen) atoms. The third-order valence-corrected chi connectivity index (χ3v) is 10.8. The van der Waals surface area contributed by atoms with Crippen LogP contribution in [0, 0.1) is 0 Å². The standard InChI is InChI=1S/C48H84NO11P/c1-3-5-7-9-11-13-15-17-18-19-20-21-22-24-26-28-30-32-34-38-46(51)57-40-44(41-58-61(55,56)59-42-45(49)48(53)54)60-47(52)39-35-37-43(50)36-33-31-29-27-25-23-16-14-12-10-8-6-4-2/h6,8,12,14,23,25,29,31,33,36,43-45,50H,3-5,7,9-11,13,15-22,24,26-28,30,32,34-35,37-42,49H2,1-2H3,(H,53,54)(H,55,56)/b8-6-,14-12-,25-23-,31-29-,36-33+/t43?,44-,45+/m1/s1. The minimum Gasteiger partial charge on any atom is -0.480 e. The summed E-state index contributed by atoms with van der Waals surface area (Å²) >= 11 is 0. The lowest BCUT2D eigenvalue weighted by atomic mass is 10.0. The summed E-state index contributed by atoms with van der Waals surface area (Å²) in [7, 11) is -4.77. The molecule has 0 saturated carbocycles. The van der Waals surface area contributed by atoms with E-state index in [0.717, 1.165) is 44.9 Å². The number of rotatable bonds is 43. The van der Waals surface area contributed by atoms with Crippen LogP contribution in [0.25, 0.3) is 0 Å². The number of carboxylic acid groups (broad SMARTS) is 1. The number of aliphatic hydroxyl groups excluding tert-OH is 1. The van der Waals surface area contributed by atoms with E-state index in [9.17, 15) is 28.9 Å². The van der Waals surface area contributed by atoms with E-state index in [1.165, 1.54) is 96.3 Å². The first kappa shape index (κ1) is 58.1. The van der Waals surface area contributed by atoms with Gasteiger partial charge in [0.15, 0.2) is 6.10 Å². The summed E-state index contributed by atoms with van der Waals surface area (Å²) in [6, 6.07) is -1.55. The van der Waals surface area contributed by atoms with Crippen LogP contribution in [0.3, 0.4) is 0 Å². The van der Waals surface area contributed by atoms with Crippen molar-refractivity contribution >= 4 is 25.7 Å². The number of ether oxygens (including phenoxy) is 2. The van der Waals surface area contributed by atoms with Crippen LogP contribution in [-0.4, -0.2) is 71.1 Å². The van der Waals surface area contributed by atoms with Gasteiger partial charge in [-0.15, -0.1) is 0 Å². The van der Waals surface area contributed by atoms with Crippen LogP contribution in [0.2, 0.25) is 0 Å². The van der Waals surface area contributed by atoms with Crippen LogP contribution in [0.4, 0.5) is 0 Å². The molecule has 0 aliphatic carbocycles. The van der Waals surface area contributed by atoms with Crippen LogP contribution in [0.5, 0.6) is 0 Å². The molecule has 0 fully saturated rings. The van der Waals surface area contributed by atoms with Crippen molar-refractivity contribution in [1.82, 2.24) is 0 Å². The van der Waals surface area contributed by atoms with E-state index in [2.05, 4.69) is 54.8 Å². The molecule has 0 rings (SSSR count). The zero-order valence-corrected chi connectivity index (χ0v) is 38.7. The predicted molar refractivity (Wildman–Crippen MR) is 246 cm³/mol. The number of nitrogens with two attached hydrogens (primary N) is 1. The summed E-state index contributed by atoms with van der Waals surface area (Å²) in [5, 5.41) is 19.2. The summed E-state index contributed by atoms with van der Waals surface area (Å²) in [5.74, 6) is -2.61. The highest BCUT2D eigenvalue weighted by atomic mass is 31.2. The smallest absolute Gasteiger partial charge is 0.472 e. The summed E-state index contributed by atoms with van der Waals surface area (Å²) in [6.45, 7) is 2.51. The Labute approximate surface area is 369 Å². The van der Waals surface area contributed by atoms with Crippen molar-refractivity contribution < 1.29 is 52.6 Å². The zero-order chi connectivity index (χ0) is 45.1. The molecule has 0 aliphatic heterocycles.